The Hall–Kier alpha value is -1.22. The summed E-state index contributed by atoms with van der Waals surface area (Å²) in [4.78, 5) is 12.2. The van der Waals surface area contributed by atoms with Crippen molar-refractivity contribution in [3.63, 3.8) is 0 Å². The van der Waals surface area contributed by atoms with E-state index in [9.17, 15) is 4.79 Å². The van der Waals surface area contributed by atoms with Crippen molar-refractivity contribution in [2.24, 2.45) is 5.92 Å². The van der Waals surface area contributed by atoms with E-state index in [4.69, 9.17) is 16.3 Å². The maximum absolute atomic E-state index is 12.2. The molecule has 0 unspecified atom stereocenters. The van der Waals surface area contributed by atoms with E-state index in [2.05, 4.69) is 5.32 Å². The monoisotopic (exact) mass is 309 g/mol. The summed E-state index contributed by atoms with van der Waals surface area (Å²) in [6.07, 6.45) is 9.06. The molecule has 1 N–H and O–H groups in total. The first-order valence-electron chi connectivity index (χ1n) is 7.82. The van der Waals surface area contributed by atoms with Crippen LogP contribution in [0.15, 0.2) is 18.2 Å². The lowest BCUT2D eigenvalue weighted by atomic mass is 9.97. The zero-order valence-electron chi connectivity index (χ0n) is 12.7. The number of benzene rings is 1. The normalized spacial score (nSPS) is 16.3. The zero-order valence-corrected chi connectivity index (χ0v) is 13.4. The molecule has 0 spiro atoms. The van der Waals surface area contributed by atoms with Gasteiger partial charge in [-0.1, -0.05) is 50.1 Å². The number of rotatable bonds is 5. The second-order valence-corrected chi connectivity index (χ2v) is 6.18. The van der Waals surface area contributed by atoms with Crippen molar-refractivity contribution in [3.8, 4) is 5.75 Å². The average Bonchev–Trinajstić information content (AvgIpc) is 2.76. The van der Waals surface area contributed by atoms with Crippen LogP contribution >= 0.6 is 11.6 Å². The van der Waals surface area contributed by atoms with Gasteiger partial charge in [-0.05, 0) is 30.5 Å². The SMILES string of the molecule is COc1ccc(Cl)cc1C(=O)NCCC1CCCCCC1. The van der Waals surface area contributed by atoms with Crippen LogP contribution in [0.25, 0.3) is 0 Å². The quantitative estimate of drug-likeness (QED) is 0.817. The van der Waals surface area contributed by atoms with Crippen LogP contribution in [0.2, 0.25) is 5.02 Å². The Morgan fingerprint density at radius 3 is 2.67 bits per heavy atom. The van der Waals surface area contributed by atoms with Crippen molar-refractivity contribution in [1.29, 1.82) is 0 Å². The minimum absolute atomic E-state index is 0.108. The summed E-state index contributed by atoms with van der Waals surface area (Å²) >= 11 is 5.96. The highest BCUT2D eigenvalue weighted by Crippen LogP contribution is 2.25. The Labute approximate surface area is 132 Å². The number of methoxy groups -OCH3 is 1. The molecule has 4 heteroatoms. The van der Waals surface area contributed by atoms with E-state index >= 15 is 0 Å². The van der Waals surface area contributed by atoms with Crippen molar-refractivity contribution in [2.75, 3.05) is 13.7 Å². The van der Waals surface area contributed by atoms with Crippen molar-refractivity contribution in [3.05, 3.63) is 28.8 Å². The van der Waals surface area contributed by atoms with Crippen LogP contribution in [0, 0.1) is 5.92 Å². The number of halogens is 1. The topological polar surface area (TPSA) is 38.3 Å². The molecule has 1 aromatic rings. The molecular weight excluding hydrogens is 286 g/mol. The molecule has 1 saturated carbocycles. The van der Waals surface area contributed by atoms with Gasteiger partial charge in [0, 0.05) is 11.6 Å². The number of nitrogens with one attached hydrogen (secondary N) is 1. The van der Waals surface area contributed by atoms with Gasteiger partial charge in [-0.3, -0.25) is 4.79 Å². The van der Waals surface area contributed by atoms with E-state index in [1.165, 1.54) is 38.5 Å². The lowest BCUT2D eigenvalue weighted by Gasteiger charge is -2.15. The zero-order chi connectivity index (χ0) is 15.1. The van der Waals surface area contributed by atoms with Gasteiger partial charge in [-0.25, -0.2) is 0 Å². The lowest BCUT2D eigenvalue weighted by Crippen LogP contribution is -2.26. The van der Waals surface area contributed by atoms with E-state index in [-0.39, 0.29) is 5.91 Å². The average molecular weight is 310 g/mol. The van der Waals surface area contributed by atoms with E-state index in [1.807, 2.05) is 0 Å². The smallest absolute Gasteiger partial charge is 0.255 e. The van der Waals surface area contributed by atoms with Crippen molar-refractivity contribution >= 4 is 17.5 Å². The molecule has 1 aliphatic rings. The summed E-state index contributed by atoms with van der Waals surface area (Å²) in [5.41, 5.74) is 0.505. The van der Waals surface area contributed by atoms with Crippen LogP contribution in [0.3, 0.4) is 0 Å². The molecule has 0 aromatic heterocycles. The number of amides is 1. The maximum Gasteiger partial charge on any atom is 0.255 e. The predicted octanol–water partition coefficient (Wildman–Crippen LogP) is 4.44. The van der Waals surface area contributed by atoms with Gasteiger partial charge in [0.2, 0.25) is 0 Å². The lowest BCUT2D eigenvalue weighted by molar-refractivity contribution is 0.0948. The van der Waals surface area contributed by atoms with Crippen LogP contribution in [0.5, 0.6) is 5.75 Å². The number of ether oxygens (including phenoxy) is 1. The third-order valence-corrected chi connectivity index (χ3v) is 4.45. The van der Waals surface area contributed by atoms with E-state index in [1.54, 1.807) is 25.3 Å². The van der Waals surface area contributed by atoms with Crippen LogP contribution in [0.1, 0.15) is 55.3 Å². The van der Waals surface area contributed by atoms with Crippen molar-refractivity contribution < 1.29 is 9.53 Å². The van der Waals surface area contributed by atoms with E-state index in [0.29, 0.717) is 16.3 Å². The highest BCUT2D eigenvalue weighted by Gasteiger charge is 2.15. The molecule has 3 nitrogen and oxygen atoms in total. The second-order valence-electron chi connectivity index (χ2n) is 5.75. The molecule has 0 atom stereocenters. The van der Waals surface area contributed by atoms with Gasteiger partial charge >= 0.3 is 0 Å². The Morgan fingerprint density at radius 2 is 2.00 bits per heavy atom. The Kier molecular flexibility index (Phi) is 6.37. The Bertz CT molecular complexity index is 468. The number of carbonyl (C=O) groups excluding carboxylic acids is 1. The molecule has 0 aliphatic heterocycles. The summed E-state index contributed by atoms with van der Waals surface area (Å²) in [6.45, 7) is 0.721. The van der Waals surface area contributed by atoms with Gasteiger partial charge in [0.1, 0.15) is 5.75 Å². The second kappa shape index (κ2) is 8.28. The highest BCUT2D eigenvalue weighted by atomic mass is 35.5. The molecular formula is C17H24ClNO2. The van der Waals surface area contributed by atoms with Gasteiger partial charge in [0.15, 0.2) is 0 Å². The Balaban J connectivity index is 1.85. The first-order valence-corrected chi connectivity index (χ1v) is 8.20. The van der Waals surface area contributed by atoms with E-state index in [0.717, 1.165) is 18.9 Å². The van der Waals surface area contributed by atoms with E-state index < -0.39 is 0 Å². The van der Waals surface area contributed by atoms with Crippen LogP contribution in [0.4, 0.5) is 0 Å². The molecule has 0 saturated heterocycles. The fraction of sp³-hybridized carbons (Fsp3) is 0.588. The molecule has 1 aliphatic carbocycles. The summed E-state index contributed by atoms with van der Waals surface area (Å²) in [5, 5.41) is 3.54. The third-order valence-electron chi connectivity index (χ3n) is 4.22. The molecule has 1 aromatic carbocycles. The number of hydrogen-bond acceptors (Lipinski definition) is 2. The molecule has 0 radical (unpaired) electrons. The van der Waals surface area contributed by atoms with Gasteiger partial charge in [-0.15, -0.1) is 0 Å². The molecule has 0 heterocycles. The van der Waals surface area contributed by atoms with Crippen molar-refractivity contribution in [1.82, 2.24) is 5.32 Å². The van der Waals surface area contributed by atoms with Crippen LogP contribution in [-0.2, 0) is 0 Å². The third kappa shape index (κ3) is 4.92. The molecule has 0 bridgehead atoms. The summed E-state index contributed by atoms with van der Waals surface area (Å²) < 4.78 is 5.21. The fourth-order valence-corrected chi connectivity index (χ4v) is 3.17. The largest absolute Gasteiger partial charge is 0.496 e. The molecule has 2 rings (SSSR count). The van der Waals surface area contributed by atoms with Gasteiger partial charge in [0.25, 0.3) is 5.91 Å². The number of hydrogen-bond donors (Lipinski definition) is 1. The van der Waals surface area contributed by atoms with Crippen LogP contribution in [-0.4, -0.2) is 19.6 Å². The Morgan fingerprint density at radius 1 is 1.29 bits per heavy atom. The van der Waals surface area contributed by atoms with Crippen LogP contribution < -0.4 is 10.1 Å². The standard InChI is InChI=1S/C17H24ClNO2/c1-21-16-9-8-14(18)12-15(16)17(20)19-11-10-13-6-4-2-3-5-7-13/h8-9,12-13H,2-7,10-11H2,1H3,(H,19,20). The number of carbonyl (C=O) groups is 1. The summed E-state index contributed by atoms with van der Waals surface area (Å²) in [5.74, 6) is 1.21. The minimum Gasteiger partial charge on any atom is -0.496 e. The fourth-order valence-electron chi connectivity index (χ4n) is 3.00. The van der Waals surface area contributed by atoms with Crippen molar-refractivity contribution in [2.45, 2.75) is 44.9 Å². The molecule has 1 fully saturated rings. The predicted molar refractivity (Wildman–Crippen MR) is 86.1 cm³/mol. The highest BCUT2D eigenvalue weighted by molar-refractivity contribution is 6.31. The maximum atomic E-state index is 12.2. The molecule has 116 valence electrons. The summed E-state index contributed by atoms with van der Waals surface area (Å²) in [6, 6.07) is 5.10. The first-order chi connectivity index (χ1) is 10.2. The van der Waals surface area contributed by atoms with Gasteiger partial charge in [0.05, 0.1) is 12.7 Å². The minimum atomic E-state index is -0.108. The van der Waals surface area contributed by atoms with Gasteiger partial charge in [-0.2, -0.15) is 0 Å². The first kappa shape index (κ1) is 16.2. The van der Waals surface area contributed by atoms with Gasteiger partial charge < -0.3 is 10.1 Å². The summed E-state index contributed by atoms with van der Waals surface area (Å²) in [7, 11) is 1.56. The molecule has 1 amide bonds. The molecule has 21 heavy (non-hydrogen) atoms.